The predicted molar refractivity (Wildman–Crippen MR) is 68.5 cm³/mol. The van der Waals surface area contributed by atoms with Crippen molar-refractivity contribution in [1.29, 1.82) is 0 Å². The van der Waals surface area contributed by atoms with Crippen molar-refractivity contribution in [2.45, 2.75) is 41.0 Å². The van der Waals surface area contributed by atoms with Crippen molar-refractivity contribution in [1.82, 2.24) is 4.98 Å². The van der Waals surface area contributed by atoms with Gasteiger partial charge >= 0.3 is 0 Å². The number of aromatic amines is 1. The number of fused-ring (bicyclic) bond motifs is 1. The van der Waals surface area contributed by atoms with Gasteiger partial charge in [0.25, 0.3) is 0 Å². The summed E-state index contributed by atoms with van der Waals surface area (Å²) >= 11 is 0. The minimum Gasteiger partial charge on any atom is -0.358 e. The normalized spacial score (nSPS) is 9.93. The lowest BCUT2D eigenvalue weighted by atomic mass is 10.1. The second-order valence-electron chi connectivity index (χ2n) is 4.13. The zero-order valence-corrected chi connectivity index (χ0v) is 10.4. The minimum atomic E-state index is 1.25. The molecule has 1 heteroatoms. The van der Waals surface area contributed by atoms with E-state index in [2.05, 4.69) is 57.8 Å². The molecule has 0 unspecified atom stereocenters. The molecule has 0 saturated carbocycles. The highest BCUT2D eigenvalue weighted by Gasteiger charge is 2.02. The Morgan fingerprint density at radius 3 is 2.27 bits per heavy atom. The molecule has 15 heavy (non-hydrogen) atoms. The van der Waals surface area contributed by atoms with Crippen molar-refractivity contribution in [2.24, 2.45) is 0 Å². The van der Waals surface area contributed by atoms with Gasteiger partial charge in [-0.15, -0.1) is 0 Å². The van der Waals surface area contributed by atoms with Crippen LogP contribution >= 0.6 is 0 Å². The predicted octanol–water partition coefficient (Wildman–Crippen LogP) is 4.51. The van der Waals surface area contributed by atoms with Gasteiger partial charge in [0.15, 0.2) is 0 Å². The van der Waals surface area contributed by atoms with Gasteiger partial charge in [-0.3, -0.25) is 0 Å². The van der Waals surface area contributed by atoms with Crippen LogP contribution in [0.4, 0.5) is 0 Å². The van der Waals surface area contributed by atoms with Crippen LogP contribution in [0.15, 0.2) is 18.2 Å². The van der Waals surface area contributed by atoms with Crippen molar-refractivity contribution in [2.75, 3.05) is 0 Å². The molecule has 1 nitrogen and oxygen atoms in total. The standard InChI is InChI=1S/C11H13N.C3H8/c1-7-4-5-10-8(2)9(3)12-11(10)6-7;1-3-2/h4-6,12H,1-3H3;3H2,1-2H3. The molecular weight excluding hydrogens is 182 g/mol. The fourth-order valence-corrected chi connectivity index (χ4v) is 1.59. The number of hydrogen-bond donors (Lipinski definition) is 1. The topological polar surface area (TPSA) is 15.8 Å². The van der Waals surface area contributed by atoms with E-state index in [-0.39, 0.29) is 0 Å². The van der Waals surface area contributed by atoms with Crippen molar-refractivity contribution in [3.63, 3.8) is 0 Å². The molecule has 0 amide bonds. The van der Waals surface area contributed by atoms with Crippen molar-refractivity contribution >= 4 is 10.9 Å². The molecule has 2 aromatic rings. The first-order chi connectivity index (χ1) is 7.10. The summed E-state index contributed by atoms with van der Waals surface area (Å²) < 4.78 is 0. The third-order valence-corrected chi connectivity index (χ3v) is 2.46. The van der Waals surface area contributed by atoms with Crippen LogP contribution in [0.1, 0.15) is 37.1 Å². The lowest BCUT2D eigenvalue weighted by molar-refractivity contribution is 1.09. The van der Waals surface area contributed by atoms with E-state index in [0.717, 1.165) is 0 Å². The highest BCUT2D eigenvalue weighted by molar-refractivity contribution is 5.84. The summed E-state index contributed by atoms with van der Waals surface area (Å²) in [6.07, 6.45) is 1.25. The minimum absolute atomic E-state index is 1.25. The third-order valence-electron chi connectivity index (χ3n) is 2.46. The summed E-state index contributed by atoms with van der Waals surface area (Å²) in [5.41, 5.74) is 5.20. The molecule has 0 aliphatic carbocycles. The zero-order valence-electron chi connectivity index (χ0n) is 10.4. The Kier molecular flexibility index (Phi) is 3.96. The Morgan fingerprint density at radius 2 is 1.67 bits per heavy atom. The van der Waals surface area contributed by atoms with Crippen LogP contribution in [0, 0.1) is 20.8 Å². The second kappa shape index (κ2) is 5.01. The molecule has 0 radical (unpaired) electrons. The molecule has 2 rings (SSSR count). The quantitative estimate of drug-likeness (QED) is 0.648. The number of hydrogen-bond acceptors (Lipinski definition) is 0. The Hall–Kier alpha value is -1.24. The fourth-order valence-electron chi connectivity index (χ4n) is 1.59. The summed E-state index contributed by atoms with van der Waals surface area (Å²) in [6.45, 7) is 10.6. The van der Waals surface area contributed by atoms with E-state index in [1.807, 2.05) is 0 Å². The van der Waals surface area contributed by atoms with Gasteiger partial charge in [-0.05, 0) is 38.0 Å². The van der Waals surface area contributed by atoms with Gasteiger partial charge < -0.3 is 4.98 Å². The lowest BCUT2D eigenvalue weighted by Gasteiger charge is -1.92. The number of rotatable bonds is 0. The number of H-pyrrole nitrogens is 1. The molecule has 1 N–H and O–H groups in total. The second-order valence-corrected chi connectivity index (χ2v) is 4.13. The molecule has 0 bridgehead atoms. The molecule has 0 atom stereocenters. The van der Waals surface area contributed by atoms with Gasteiger partial charge in [-0.2, -0.15) is 0 Å². The Labute approximate surface area is 92.5 Å². The SMILES string of the molecule is CCC.Cc1ccc2c(C)c(C)[nH]c2c1. The van der Waals surface area contributed by atoms with Gasteiger partial charge in [0.1, 0.15) is 0 Å². The smallest absolute Gasteiger partial charge is 0.0461 e. The molecule has 1 aromatic heterocycles. The van der Waals surface area contributed by atoms with Crippen LogP contribution in [0.3, 0.4) is 0 Å². The van der Waals surface area contributed by atoms with E-state index < -0.39 is 0 Å². The molecule has 82 valence electrons. The van der Waals surface area contributed by atoms with Crippen LogP contribution in [-0.2, 0) is 0 Å². The monoisotopic (exact) mass is 203 g/mol. The van der Waals surface area contributed by atoms with Crippen LogP contribution in [0.5, 0.6) is 0 Å². The number of aryl methyl sites for hydroxylation is 3. The Balaban J connectivity index is 0.000000337. The Bertz CT molecular complexity index is 438. The van der Waals surface area contributed by atoms with Gasteiger partial charge in [0.2, 0.25) is 0 Å². The van der Waals surface area contributed by atoms with Crippen molar-refractivity contribution in [3.05, 3.63) is 35.0 Å². The molecule has 0 aliphatic rings. The molecule has 0 spiro atoms. The van der Waals surface area contributed by atoms with Crippen molar-refractivity contribution in [3.8, 4) is 0 Å². The number of nitrogens with one attached hydrogen (secondary N) is 1. The van der Waals surface area contributed by atoms with Gasteiger partial charge in [0.05, 0.1) is 0 Å². The van der Waals surface area contributed by atoms with Crippen LogP contribution in [0.25, 0.3) is 10.9 Å². The highest BCUT2D eigenvalue weighted by Crippen LogP contribution is 2.21. The third kappa shape index (κ3) is 2.62. The molecular formula is C14H21N. The largest absolute Gasteiger partial charge is 0.358 e. The van der Waals surface area contributed by atoms with Crippen LogP contribution in [0.2, 0.25) is 0 Å². The first kappa shape index (κ1) is 11.8. The van der Waals surface area contributed by atoms with E-state index in [0.29, 0.717) is 0 Å². The first-order valence-electron chi connectivity index (χ1n) is 5.65. The average molecular weight is 203 g/mol. The van der Waals surface area contributed by atoms with Gasteiger partial charge in [-0.25, -0.2) is 0 Å². The molecule has 0 aliphatic heterocycles. The molecule has 0 saturated heterocycles. The van der Waals surface area contributed by atoms with Gasteiger partial charge in [0, 0.05) is 16.6 Å². The maximum Gasteiger partial charge on any atom is 0.0461 e. The summed E-state index contributed by atoms with van der Waals surface area (Å²) in [6, 6.07) is 6.53. The summed E-state index contributed by atoms with van der Waals surface area (Å²) in [5, 5.41) is 1.35. The first-order valence-corrected chi connectivity index (χ1v) is 5.65. The van der Waals surface area contributed by atoms with Gasteiger partial charge in [-0.1, -0.05) is 32.4 Å². The van der Waals surface area contributed by atoms with E-state index in [9.17, 15) is 0 Å². The van der Waals surface area contributed by atoms with Crippen LogP contribution in [-0.4, -0.2) is 4.98 Å². The number of aromatic nitrogens is 1. The molecule has 1 aromatic carbocycles. The van der Waals surface area contributed by atoms with E-state index in [4.69, 9.17) is 0 Å². The highest BCUT2D eigenvalue weighted by atomic mass is 14.7. The molecule has 1 heterocycles. The van der Waals surface area contributed by atoms with Crippen molar-refractivity contribution < 1.29 is 0 Å². The average Bonchev–Trinajstić information content (AvgIpc) is 2.43. The lowest BCUT2D eigenvalue weighted by Crippen LogP contribution is -1.72. The van der Waals surface area contributed by atoms with E-state index in [1.54, 1.807) is 0 Å². The van der Waals surface area contributed by atoms with E-state index in [1.165, 1.54) is 34.1 Å². The zero-order chi connectivity index (χ0) is 11.4. The summed E-state index contributed by atoms with van der Waals surface area (Å²) in [5.74, 6) is 0. The van der Waals surface area contributed by atoms with E-state index >= 15 is 0 Å². The summed E-state index contributed by atoms with van der Waals surface area (Å²) in [4.78, 5) is 3.37. The Morgan fingerprint density at radius 1 is 1.07 bits per heavy atom. The number of benzene rings is 1. The molecule has 0 fully saturated rings. The maximum atomic E-state index is 3.37. The van der Waals surface area contributed by atoms with Crippen LogP contribution < -0.4 is 0 Å². The summed E-state index contributed by atoms with van der Waals surface area (Å²) in [7, 11) is 0. The fraction of sp³-hybridized carbons (Fsp3) is 0.429. The maximum absolute atomic E-state index is 3.37.